The second-order valence-corrected chi connectivity index (χ2v) is 12.3. The van der Waals surface area contributed by atoms with Crippen LogP contribution in [0.2, 0.25) is 5.02 Å². The molecule has 220 valence electrons. The monoisotopic (exact) mass is 571 g/mol. The Hall–Kier alpha value is -3.10. The zero-order valence-corrected chi connectivity index (χ0v) is 25.5. The average molecular weight is 572 g/mol. The Kier molecular flexibility index (Phi) is 13.4. The van der Waals surface area contributed by atoms with Crippen molar-refractivity contribution in [3.05, 3.63) is 64.7 Å². The zero-order valence-electron chi connectivity index (χ0n) is 24.7. The highest BCUT2D eigenvalue weighted by Crippen LogP contribution is 2.23. The number of amides is 4. The van der Waals surface area contributed by atoms with E-state index in [0.717, 1.165) is 24.0 Å². The molecule has 8 nitrogen and oxygen atoms in total. The van der Waals surface area contributed by atoms with Gasteiger partial charge in [-0.1, -0.05) is 96.0 Å². The SMILES string of the molecule is CC(C)(C)C.CCCCNC(=O)N1CC(NC(=O)[C@H](NCc2ccc(Cl)cc2NC=O)C(C)c2ccccc2)C1. The summed E-state index contributed by atoms with van der Waals surface area (Å²) in [5.74, 6) is -0.240. The van der Waals surface area contributed by atoms with E-state index in [0.29, 0.717) is 48.7 Å². The number of halogens is 1. The maximum absolute atomic E-state index is 13.3. The molecule has 0 radical (unpaired) electrons. The van der Waals surface area contributed by atoms with Gasteiger partial charge in [-0.25, -0.2) is 4.79 Å². The van der Waals surface area contributed by atoms with Crippen LogP contribution in [-0.2, 0) is 16.1 Å². The maximum Gasteiger partial charge on any atom is 0.317 e. The summed E-state index contributed by atoms with van der Waals surface area (Å²) in [6.07, 6.45) is 2.57. The van der Waals surface area contributed by atoms with Crippen LogP contribution in [0.3, 0.4) is 0 Å². The van der Waals surface area contributed by atoms with Crippen LogP contribution in [0, 0.1) is 5.41 Å². The van der Waals surface area contributed by atoms with Gasteiger partial charge in [0, 0.05) is 42.8 Å². The van der Waals surface area contributed by atoms with E-state index in [1.54, 1.807) is 17.0 Å². The van der Waals surface area contributed by atoms with E-state index < -0.39 is 6.04 Å². The van der Waals surface area contributed by atoms with E-state index in [2.05, 4.69) is 55.9 Å². The van der Waals surface area contributed by atoms with E-state index in [9.17, 15) is 14.4 Å². The van der Waals surface area contributed by atoms with Gasteiger partial charge in [0.1, 0.15) is 0 Å². The molecular formula is C31H46ClN5O3. The van der Waals surface area contributed by atoms with Gasteiger partial charge < -0.3 is 26.2 Å². The second kappa shape index (κ2) is 16.2. The fraction of sp³-hybridized carbons (Fsp3) is 0.516. The molecule has 1 aliphatic heterocycles. The van der Waals surface area contributed by atoms with Gasteiger partial charge >= 0.3 is 6.03 Å². The molecule has 1 saturated heterocycles. The zero-order chi connectivity index (χ0) is 29.7. The first kappa shape index (κ1) is 33.1. The van der Waals surface area contributed by atoms with E-state index in [4.69, 9.17) is 11.6 Å². The van der Waals surface area contributed by atoms with E-state index >= 15 is 0 Å². The van der Waals surface area contributed by atoms with Crippen molar-refractivity contribution in [1.29, 1.82) is 0 Å². The van der Waals surface area contributed by atoms with E-state index in [-0.39, 0.29) is 23.9 Å². The first-order chi connectivity index (χ1) is 18.9. The summed E-state index contributed by atoms with van der Waals surface area (Å²) >= 11 is 6.07. The predicted molar refractivity (Wildman–Crippen MR) is 164 cm³/mol. The first-order valence-corrected chi connectivity index (χ1v) is 14.4. The van der Waals surface area contributed by atoms with Crippen LogP contribution in [0.25, 0.3) is 0 Å². The number of hydrogen-bond acceptors (Lipinski definition) is 4. The van der Waals surface area contributed by atoms with Crippen molar-refractivity contribution in [2.75, 3.05) is 25.0 Å². The van der Waals surface area contributed by atoms with Gasteiger partial charge in [-0.05, 0) is 35.1 Å². The molecule has 2 aromatic rings. The lowest BCUT2D eigenvalue weighted by atomic mass is 9.92. The topological polar surface area (TPSA) is 103 Å². The Labute approximate surface area is 244 Å². The standard InChI is InChI=1S/C26H34ClN5O3.C5H12/c1-3-4-12-28-26(35)32-15-22(16-32)31-25(34)24(18(2)19-8-6-5-7-9-19)29-14-20-10-11-21(27)13-23(20)30-17-33;1-5(2,3)4/h5-11,13,17-18,22,24,29H,3-4,12,14-16H2,1-2H3,(H,28,35)(H,30,33)(H,31,34);1-4H3/t18?,24-;/m1./s1. The Morgan fingerprint density at radius 1 is 1.10 bits per heavy atom. The molecule has 0 aromatic heterocycles. The molecule has 4 N–H and O–H groups in total. The van der Waals surface area contributed by atoms with E-state index in [1.807, 2.05) is 43.3 Å². The number of nitrogens with one attached hydrogen (secondary N) is 4. The Morgan fingerprint density at radius 2 is 1.75 bits per heavy atom. The smallest absolute Gasteiger partial charge is 0.317 e. The van der Waals surface area contributed by atoms with Crippen LogP contribution in [0.1, 0.15) is 71.4 Å². The van der Waals surface area contributed by atoms with Crippen molar-refractivity contribution >= 4 is 35.6 Å². The summed E-state index contributed by atoms with van der Waals surface area (Å²) in [4.78, 5) is 38.2. The van der Waals surface area contributed by atoms with Crippen LogP contribution < -0.4 is 21.3 Å². The summed E-state index contributed by atoms with van der Waals surface area (Å²) < 4.78 is 0. The summed E-state index contributed by atoms with van der Waals surface area (Å²) in [5.41, 5.74) is 2.95. The maximum atomic E-state index is 13.3. The number of likely N-dealkylation sites (tertiary alicyclic amines) is 1. The minimum absolute atomic E-state index is 0.0884. The van der Waals surface area contributed by atoms with E-state index in [1.165, 1.54) is 0 Å². The van der Waals surface area contributed by atoms with Gasteiger partial charge in [0.15, 0.2) is 0 Å². The highest BCUT2D eigenvalue weighted by Gasteiger charge is 2.34. The lowest BCUT2D eigenvalue weighted by molar-refractivity contribution is -0.125. The predicted octanol–water partition coefficient (Wildman–Crippen LogP) is 5.53. The number of carbonyl (C=O) groups is 3. The number of unbranched alkanes of at least 4 members (excludes halogenated alkanes) is 1. The van der Waals surface area contributed by atoms with Crippen molar-refractivity contribution < 1.29 is 14.4 Å². The highest BCUT2D eigenvalue weighted by atomic mass is 35.5. The molecule has 3 rings (SSSR count). The van der Waals surface area contributed by atoms with Crippen LogP contribution in [0.5, 0.6) is 0 Å². The third-order valence-electron chi connectivity index (χ3n) is 6.23. The van der Waals surface area contributed by atoms with Crippen LogP contribution in [0.15, 0.2) is 48.5 Å². The molecule has 40 heavy (non-hydrogen) atoms. The summed E-state index contributed by atoms with van der Waals surface area (Å²) in [6, 6.07) is 14.4. The van der Waals surface area contributed by atoms with Crippen molar-refractivity contribution in [2.24, 2.45) is 5.41 Å². The van der Waals surface area contributed by atoms with Crippen molar-refractivity contribution in [3.63, 3.8) is 0 Å². The minimum atomic E-state index is -0.524. The number of hydrogen-bond donors (Lipinski definition) is 4. The highest BCUT2D eigenvalue weighted by molar-refractivity contribution is 6.30. The first-order valence-electron chi connectivity index (χ1n) is 14.0. The summed E-state index contributed by atoms with van der Waals surface area (Å²) in [6.45, 7) is 14.8. The van der Waals surface area contributed by atoms with Gasteiger partial charge in [0.25, 0.3) is 0 Å². The molecular weight excluding hydrogens is 526 g/mol. The van der Waals surface area contributed by atoms with Crippen molar-refractivity contribution in [2.45, 2.75) is 78.9 Å². The molecule has 1 fully saturated rings. The molecule has 0 saturated carbocycles. The molecule has 2 aromatic carbocycles. The quantitative estimate of drug-likeness (QED) is 0.199. The third-order valence-corrected chi connectivity index (χ3v) is 6.46. The number of anilines is 1. The largest absolute Gasteiger partial charge is 0.348 e. The normalized spacial score (nSPS) is 14.6. The molecule has 0 spiro atoms. The average Bonchev–Trinajstić information content (AvgIpc) is 2.87. The van der Waals surface area contributed by atoms with Gasteiger partial charge in [-0.15, -0.1) is 0 Å². The molecule has 0 aliphatic carbocycles. The Morgan fingerprint density at radius 3 is 2.35 bits per heavy atom. The number of nitrogens with zero attached hydrogens (tertiary/aromatic N) is 1. The fourth-order valence-electron chi connectivity index (χ4n) is 4.08. The molecule has 1 unspecified atom stereocenters. The molecule has 4 amide bonds. The number of benzene rings is 2. The van der Waals surface area contributed by atoms with Crippen LogP contribution >= 0.6 is 11.6 Å². The molecule has 9 heteroatoms. The Balaban J connectivity index is 0.00000103. The number of urea groups is 1. The molecule has 1 aliphatic rings. The molecule has 0 bridgehead atoms. The Bertz CT molecular complexity index is 1080. The minimum Gasteiger partial charge on any atom is -0.348 e. The van der Waals surface area contributed by atoms with Crippen molar-refractivity contribution in [3.8, 4) is 0 Å². The molecule has 2 atom stereocenters. The molecule has 1 heterocycles. The van der Waals surface area contributed by atoms with Crippen LogP contribution in [0.4, 0.5) is 10.5 Å². The van der Waals surface area contributed by atoms with Crippen molar-refractivity contribution in [1.82, 2.24) is 20.9 Å². The lowest BCUT2D eigenvalue weighted by Crippen LogP contribution is -2.64. The van der Waals surface area contributed by atoms with Crippen LogP contribution in [-0.4, -0.2) is 55.0 Å². The lowest BCUT2D eigenvalue weighted by Gasteiger charge is -2.40. The van der Waals surface area contributed by atoms with Gasteiger partial charge in [0.2, 0.25) is 12.3 Å². The van der Waals surface area contributed by atoms with Gasteiger partial charge in [0.05, 0.1) is 12.1 Å². The number of carbonyl (C=O) groups excluding carboxylic acids is 3. The summed E-state index contributed by atoms with van der Waals surface area (Å²) in [5, 5.41) is 12.5. The fourth-order valence-corrected chi connectivity index (χ4v) is 4.25. The third kappa shape index (κ3) is 11.6. The number of rotatable bonds is 12. The van der Waals surface area contributed by atoms with Gasteiger partial charge in [-0.2, -0.15) is 0 Å². The van der Waals surface area contributed by atoms with Gasteiger partial charge in [-0.3, -0.25) is 9.59 Å². The summed E-state index contributed by atoms with van der Waals surface area (Å²) in [7, 11) is 0. The second-order valence-electron chi connectivity index (χ2n) is 11.8.